The molecule has 15 heavy (non-hydrogen) atoms. The highest BCUT2D eigenvalue weighted by Crippen LogP contribution is 2.03. The van der Waals surface area contributed by atoms with Gasteiger partial charge in [0.15, 0.2) is 0 Å². The summed E-state index contributed by atoms with van der Waals surface area (Å²) in [5.41, 5.74) is 0.840. The lowest BCUT2D eigenvalue weighted by atomic mass is 10.1. The summed E-state index contributed by atoms with van der Waals surface area (Å²) in [5, 5.41) is 0. The zero-order chi connectivity index (χ0) is 10.7. The molecular formula is C11H10N2O2. The van der Waals surface area contributed by atoms with E-state index in [1.165, 1.54) is 6.07 Å². The summed E-state index contributed by atoms with van der Waals surface area (Å²) in [7, 11) is 0. The zero-order valence-electron chi connectivity index (χ0n) is 7.99. The number of rotatable bonds is 2. The smallest absolute Gasteiger partial charge is 0.311 e. The molecule has 76 valence electrons. The van der Waals surface area contributed by atoms with Crippen molar-refractivity contribution in [1.82, 2.24) is 9.97 Å². The van der Waals surface area contributed by atoms with Gasteiger partial charge in [-0.05, 0) is 5.56 Å². The average molecular weight is 202 g/mol. The average Bonchev–Trinajstić information content (AvgIpc) is 2.17. The van der Waals surface area contributed by atoms with Gasteiger partial charge in [0.05, 0.1) is 0 Å². The van der Waals surface area contributed by atoms with E-state index < -0.39 is 5.69 Å². The number of H-pyrrole nitrogens is 2. The third-order valence-corrected chi connectivity index (χ3v) is 2.05. The van der Waals surface area contributed by atoms with Gasteiger partial charge in [-0.15, -0.1) is 0 Å². The first-order valence-electron chi connectivity index (χ1n) is 4.60. The Bertz CT molecular complexity index is 526. The summed E-state index contributed by atoms with van der Waals surface area (Å²) in [6.45, 7) is 0. The highest BCUT2D eigenvalue weighted by Gasteiger charge is 1.98. The first kappa shape index (κ1) is 9.45. The molecule has 0 bridgehead atoms. The molecule has 0 spiro atoms. The highest BCUT2D eigenvalue weighted by atomic mass is 16.2. The van der Waals surface area contributed by atoms with Crippen molar-refractivity contribution >= 4 is 0 Å². The van der Waals surface area contributed by atoms with Crippen LogP contribution in [0, 0.1) is 0 Å². The molecule has 2 rings (SSSR count). The number of nitrogens with one attached hydrogen (secondary N) is 2. The van der Waals surface area contributed by atoms with E-state index in [2.05, 4.69) is 9.97 Å². The topological polar surface area (TPSA) is 65.7 Å². The van der Waals surface area contributed by atoms with Crippen LogP contribution in [0.2, 0.25) is 0 Å². The van der Waals surface area contributed by atoms with Crippen molar-refractivity contribution in [3.8, 4) is 0 Å². The predicted octanol–water partition coefficient (Wildman–Crippen LogP) is 0.654. The van der Waals surface area contributed by atoms with E-state index in [1.54, 1.807) is 0 Å². The molecule has 4 nitrogen and oxygen atoms in total. The van der Waals surface area contributed by atoms with E-state index in [9.17, 15) is 9.59 Å². The summed E-state index contributed by atoms with van der Waals surface area (Å²) < 4.78 is 0. The minimum absolute atomic E-state index is 0.371. The van der Waals surface area contributed by atoms with Crippen molar-refractivity contribution in [2.45, 2.75) is 6.42 Å². The minimum Gasteiger partial charge on any atom is -0.311 e. The van der Waals surface area contributed by atoms with Gasteiger partial charge in [-0.2, -0.15) is 0 Å². The summed E-state index contributed by atoms with van der Waals surface area (Å²) in [6.07, 6.45) is 0.556. The first-order valence-corrected chi connectivity index (χ1v) is 4.60. The van der Waals surface area contributed by atoms with E-state index in [-0.39, 0.29) is 5.56 Å². The van der Waals surface area contributed by atoms with Crippen LogP contribution >= 0.6 is 0 Å². The number of hydrogen-bond donors (Lipinski definition) is 2. The van der Waals surface area contributed by atoms with Crippen molar-refractivity contribution in [1.29, 1.82) is 0 Å². The van der Waals surface area contributed by atoms with Gasteiger partial charge in [0.1, 0.15) is 0 Å². The third kappa shape index (κ3) is 2.43. The lowest BCUT2D eigenvalue weighted by molar-refractivity contribution is 0.953. The second-order valence-corrected chi connectivity index (χ2v) is 3.28. The second kappa shape index (κ2) is 3.96. The molecule has 0 amide bonds. The standard InChI is InChI=1S/C11H10N2O2/c14-10-7-9(12-11(15)13-10)6-8-4-2-1-3-5-8/h1-5,7H,6H2,(H2,12,13,14,15). The first-order chi connectivity index (χ1) is 7.24. The van der Waals surface area contributed by atoms with E-state index in [0.29, 0.717) is 12.1 Å². The van der Waals surface area contributed by atoms with Crippen LogP contribution in [0.3, 0.4) is 0 Å². The van der Waals surface area contributed by atoms with Crippen LogP contribution in [0.15, 0.2) is 46.0 Å². The quantitative estimate of drug-likeness (QED) is 0.751. The molecular weight excluding hydrogens is 192 g/mol. The van der Waals surface area contributed by atoms with Crippen LogP contribution in [-0.2, 0) is 6.42 Å². The zero-order valence-corrected chi connectivity index (χ0v) is 7.99. The van der Waals surface area contributed by atoms with Crippen LogP contribution in [0.4, 0.5) is 0 Å². The molecule has 0 aliphatic carbocycles. The predicted molar refractivity (Wildman–Crippen MR) is 56.9 cm³/mol. The number of benzene rings is 1. The van der Waals surface area contributed by atoms with E-state index in [4.69, 9.17) is 0 Å². The molecule has 0 saturated carbocycles. The Labute approximate surface area is 85.6 Å². The molecule has 1 aromatic heterocycles. The lowest BCUT2D eigenvalue weighted by Crippen LogP contribution is -2.22. The van der Waals surface area contributed by atoms with E-state index in [0.717, 1.165) is 5.56 Å². The van der Waals surface area contributed by atoms with Crippen molar-refractivity contribution in [2.24, 2.45) is 0 Å². The summed E-state index contributed by atoms with van der Waals surface area (Å²) in [4.78, 5) is 26.7. The Hall–Kier alpha value is -2.10. The van der Waals surface area contributed by atoms with Gasteiger partial charge in [0, 0.05) is 18.2 Å². The molecule has 1 aromatic carbocycles. The molecule has 2 aromatic rings. The van der Waals surface area contributed by atoms with Crippen LogP contribution in [0.25, 0.3) is 0 Å². The number of aromatic nitrogens is 2. The molecule has 0 atom stereocenters. The summed E-state index contributed by atoms with van der Waals surface area (Å²) >= 11 is 0. The lowest BCUT2D eigenvalue weighted by Gasteiger charge is -1.99. The van der Waals surface area contributed by atoms with Crippen LogP contribution < -0.4 is 11.2 Å². The fourth-order valence-corrected chi connectivity index (χ4v) is 1.43. The number of aromatic amines is 2. The Balaban J connectivity index is 2.33. The summed E-state index contributed by atoms with van der Waals surface area (Å²) in [5.74, 6) is 0. The highest BCUT2D eigenvalue weighted by molar-refractivity contribution is 5.20. The molecule has 0 aliphatic rings. The molecule has 0 aliphatic heterocycles. The largest absolute Gasteiger partial charge is 0.325 e. The Morgan fingerprint density at radius 3 is 2.40 bits per heavy atom. The minimum atomic E-state index is -0.464. The molecule has 4 heteroatoms. The number of hydrogen-bond acceptors (Lipinski definition) is 2. The molecule has 2 N–H and O–H groups in total. The maximum atomic E-state index is 11.0. The van der Waals surface area contributed by atoms with Crippen molar-refractivity contribution in [2.75, 3.05) is 0 Å². The van der Waals surface area contributed by atoms with Crippen molar-refractivity contribution < 1.29 is 0 Å². The maximum Gasteiger partial charge on any atom is 0.325 e. The van der Waals surface area contributed by atoms with Gasteiger partial charge in [-0.25, -0.2) is 4.79 Å². The molecule has 0 saturated heterocycles. The van der Waals surface area contributed by atoms with Gasteiger partial charge in [-0.3, -0.25) is 9.78 Å². The normalized spacial score (nSPS) is 10.1. The van der Waals surface area contributed by atoms with Gasteiger partial charge in [-0.1, -0.05) is 30.3 Å². The Kier molecular flexibility index (Phi) is 2.49. The maximum absolute atomic E-state index is 11.0. The van der Waals surface area contributed by atoms with Crippen molar-refractivity contribution in [3.05, 3.63) is 68.5 Å². The Morgan fingerprint density at radius 2 is 1.73 bits per heavy atom. The van der Waals surface area contributed by atoms with Crippen molar-refractivity contribution in [3.63, 3.8) is 0 Å². The van der Waals surface area contributed by atoms with Crippen LogP contribution in [0.1, 0.15) is 11.3 Å². The third-order valence-electron chi connectivity index (χ3n) is 2.05. The fraction of sp³-hybridized carbons (Fsp3) is 0.0909. The molecule has 1 heterocycles. The summed E-state index contributed by atoms with van der Waals surface area (Å²) in [6, 6.07) is 11.0. The molecule has 0 fully saturated rings. The Morgan fingerprint density at radius 1 is 1.00 bits per heavy atom. The van der Waals surface area contributed by atoms with Gasteiger partial charge in [0.25, 0.3) is 5.56 Å². The van der Waals surface area contributed by atoms with Gasteiger partial charge >= 0.3 is 5.69 Å². The van der Waals surface area contributed by atoms with Gasteiger partial charge < -0.3 is 4.98 Å². The van der Waals surface area contributed by atoms with Gasteiger partial charge in [0.2, 0.25) is 0 Å². The monoisotopic (exact) mass is 202 g/mol. The van der Waals surface area contributed by atoms with E-state index in [1.807, 2.05) is 30.3 Å². The van der Waals surface area contributed by atoms with Crippen LogP contribution in [0.5, 0.6) is 0 Å². The molecule has 0 unspecified atom stereocenters. The SMILES string of the molecule is O=c1cc(Cc2ccccc2)[nH]c(=O)[nH]1. The second-order valence-electron chi connectivity index (χ2n) is 3.28. The fourth-order valence-electron chi connectivity index (χ4n) is 1.43. The van der Waals surface area contributed by atoms with Crippen LogP contribution in [-0.4, -0.2) is 9.97 Å². The molecule has 0 radical (unpaired) electrons. The van der Waals surface area contributed by atoms with E-state index >= 15 is 0 Å².